The zero-order valence-corrected chi connectivity index (χ0v) is 27.4. The molecule has 0 radical (unpaired) electrons. The van der Waals surface area contributed by atoms with Gasteiger partial charge < -0.3 is 41.0 Å². The van der Waals surface area contributed by atoms with Crippen LogP contribution in [0.1, 0.15) is 90.4 Å². The number of aliphatic hydroxyl groups excluding tert-OH is 2. The first-order valence-corrected chi connectivity index (χ1v) is 18.0. The molecule has 0 amide bonds. The van der Waals surface area contributed by atoms with E-state index in [0.29, 0.717) is 44.1 Å². The van der Waals surface area contributed by atoms with Gasteiger partial charge in [0, 0.05) is 42.8 Å². The molecule has 10 nitrogen and oxygen atoms in total. The van der Waals surface area contributed by atoms with Crippen molar-refractivity contribution in [2.24, 2.45) is 50.6 Å². The van der Waals surface area contributed by atoms with Crippen molar-refractivity contribution in [1.82, 2.24) is 5.32 Å². The van der Waals surface area contributed by atoms with Gasteiger partial charge >= 0.3 is 0 Å². The van der Waals surface area contributed by atoms with Gasteiger partial charge in [-0.1, -0.05) is 25.3 Å². The van der Waals surface area contributed by atoms with E-state index in [2.05, 4.69) is 17.2 Å². The second-order valence-corrected chi connectivity index (χ2v) is 16.2. The number of rotatable bonds is 6. The van der Waals surface area contributed by atoms with Gasteiger partial charge in [0.2, 0.25) is 0 Å². The second-order valence-electron chi connectivity index (χ2n) is 16.2. The van der Waals surface area contributed by atoms with Crippen molar-refractivity contribution >= 4 is 11.9 Å². The first-order valence-electron chi connectivity index (χ1n) is 18.0. The molecule has 0 aromatic heterocycles. The van der Waals surface area contributed by atoms with Crippen molar-refractivity contribution in [3.8, 4) is 0 Å². The third-order valence-corrected chi connectivity index (χ3v) is 14.8. The Hall–Kier alpha value is -1.56. The first kappa shape index (κ1) is 32.0. The molecule has 3 spiro atoms. The molecule has 7 N–H and O–H groups in total. The van der Waals surface area contributed by atoms with Gasteiger partial charge in [-0.3, -0.25) is 4.90 Å². The number of carbonyl (C=O) groups is 1. The van der Waals surface area contributed by atoms with E-state index in [1.807, 2.05) is 0 Å². The number of carbonyl (C=O) groups excluding carboxylic acids is 1. The second kappa shape index (κ2) is 11.5. The maximum Gasteiger partial charge on any atom is 0.293 e. The zero-order valence-electron chi connectivity index (χ0n) is 27.4. The number of nitrogens with one attached hydrogen (secondary N) is 2. The summed E-state index contributed by atoms with van der Waals surface area (Å²) in [7, 11) is 1.73. The SMILES string of the molecule is CN=C(N)[NH+]1CC[C@H](CNCCO)[C@@]2(C1)[C@@H]1CC[C@@H](C)[C@]23C[C@](O)([C@@H]2CC[C@@H]4CC5(CCCC5)[C@@H](O)C[C@@H]4O2)C(C(=O)[O-])=C3C1. The van der Waals surface area contributed by atoms with E-state index in [-0.39, 0.29) is 46.9 Å². The molecule has 6 fully saturated rings. The highest BCUT2D eigenvalue weighted by molar-refractivity contribution is 5.90. The van der Waals surface area contributed by atoms with Crippen LogP contribution in [0.4, 0.5) is 0 Å². The fraction of sp³-hybridized carbons (Fsp3) is 0.886. The lowest BCUT2D eigenvalue weighted by Crippen LogP contribution is -3.19. The Morgan fingerprint density at radius 1 is 1.20 bits per heavy atom. The lowest BCUT2D eigenvalue weighted by atomic mass is 9.45. The Balaban J connectivity index is 1.27. The highest BCUT2D eigenvalue weighted by atomic mass is 16.5. The Kier molecular flexibility index (Phi) is 8.21. The third-order valence-electron chi connectivity index (χ3n) is 14.8. The Labute approximate surface area is 267 Å². The molecule has 1 unspecified atom stereocenters. The number of allylic oxidation sites excluding steroid dienone is 1. The molecule has 11 atom stereocenters. The van der Waals surface area contributed by atoms with E-state index in [4.69, 9.17) is 10.5 Å². The van der Waals surface area contributed by atoms with Crippen molar-refractivity contribution in [3.63, 3.8) is 0 Å². The quantitative estimate of drug-likeness (QED) is 0.135. The smallest absolute Gasteiger partial charge is 0.293 e. The summed E-state index contributed by atoms with van der Waals surface area (Å²) in [5.74, 6) is 0.341. The van der Waals surface area contributed by atoms with Gasteiger partial charge in [0.1, 0.15) is 5.60 Å². The lowest BCUT2D eigenvalue weighted by Gasteiger charge is -2.61. The van der Waals surface area contributed by atoms with Crippen LogP contribution >= 0.6 is 0 Å². The number of nitrogens with zero attached hydrogens (tertiary/aromatic N) is 1. The summed E-state index contributed by atoms with van der Waals surface area (Å²) >= 11 is 0. The average molecular weight is 629 g/mol. The van der Waals surface area contributed by atoms with E-state index in [1.165, 1.54) is 12.8 Å². The molecule has 2 aliphatic heterocycles. The van der Waals surface area contributed by atoms with Crippen LogP contribution in [0, 0.1) is 39.9 Å². The summed E-state index contributed by atoms with van der Waals surface area (Å²) in [4.78, 5) is 18.8. The third kappa shape index (κ3) is 4.48. The Morgan fingerprint density at radius 3 is 2.69 bits per heavy atom. The highest BCUT2D eigenvalue weighted by Crippen LogP contribution is 2.77. The van der Waals surface area contributed by atoms with Crippen molar-refractivity contribution in [2.45, 2.75) is 114 Å². The minimum Gasteiger partial charge on any atom is -0.545 e. The number of hydrogen-bond acceptors (Lipinski definition) is 8. The fourth-order valence-corrected chi connectivity index (χ4v) is 12.9. The molecular weight excluding hydrogens is 572 g/mol. The van der Waals surface area contributed by atoms with Crippen LogP contribution in [0.2, 0.25) is 0 Å². The minimum absolute atomic E-state index is 0.00651. The van der Waals surface area contributed by atoms with E-state index in [1.54, 1.807) is 7.05 Å². The van der Waals surface area contributed by atoms with Gasteiger partial charge in [-0.25, -0.2) is 4.99 Å². The molecule has 45 heavy (non-hydrogen) atoms. The van der Waals surface area contributed by atoms with E-state index in [9.17, 15) is 25.2 Å². The molecule has 2 heterocycles. The van der Waals surface area contributed by atoms with Crippen molar-refractivity contribution in [3.05, 3.63) is 11.1 Å². The summed E-state index contributed by atoms with van der Waals surface area (Å²) in [5.41, 5.74) is 5.05. The standard InChI is InChI=1S/C35H56N4O6/c1-21-5-7-23-15-25-29(30(42)43)35(44,28-8-6-22-17-32(10-3-4-11-32)27(41)16-26(22)45-28)19-33(21,25)34(23)20-39(31(36)37-2)13-9-24(34)18-38-12-14-40/h21-24,26-28,38,40-41,44H,3-20H2,1-2H3,(H2,36,37)(H,42,43)/t21-,22-,23-,24-,26+,27+,28+,33+,34-,35+/m1/s1. The number of quaternary nitrogens is 1. The summed E-state index contributed by atoms with van der Waals surface area (Å²) in [6.07, 6.45) is 10.2. The minimum atomic E-state index is -1.65. The highest BCUT2D eigenvalue weighted by Gasteiger charge is 2.76. The topological polar surface area (TPSA) is 165 Å². The summed E-state index contributed by atoms with van der Waals surface area (Å²) in [6, 6.07) is 0. The van der Waals surface area contributed by atoms with E-state index >= 15 is 0 Å². The maximum absolute atomic E-state index is 13.3. The molecule has 5 aliphatic carbocycles. The number of carboxylic acids is 1. The molecule has 2 saturated heterocycles. The Morgan fingerprint density at radius 2 is 1.98 bits per heavy atom. The molecule has 252 valence electrons. The number of aliphatic hydroxyl groups is 3. The number of aliphatic imine (C=N–C) groups is 1. The predicted molar refractivity (Wildman–Crippen MR) is 167 cm³/mol. The van der Waals surface area contributed by atoms with E-state index < -0.39 is 29.2 Å². The van der Waals surface area contributed by atoms with Gasteiger partial charge in [0.25, 0.3) is 5.96 Å². The number of nitrogens with two attached hydrogens (primary N) is 1. The lowest BCUT2D eigenvalue weighted by molar-refractivity contribution is -0.828. The summed E-state index contributed by atoms with van der Waals surface area (Å²) in [6.45, 7) is 5.18. The number of fused-ring (bicyclic) bond motifs is 1. The van der Waals surface area contributed by atoms with Crippen LogP contribution in [-0.4, -0.2) is 91.0 Å². The van der Waals surface area contributed by atoms with Crippen LogP contribution in [0.25, 0.3) is 0 Å². The largest absolute Gasteiger partial charge is 0.545 e. The van der Waals surface area contributed by atoms with Crippen molar-refractivity contribution in [1.29, 1.82) is 0 Å². The molecule has 7 rings (SSSR count). The van der Waals surface area contributed by atoms with Gasteiger partial charge in [-0.05, 0) is 93.4 Å². The molecule has 7 aliphatic rings. The molecule has 10 heteroatoms. The number of carboxylic acid groups (broad SMARTS) is 1. The van der Waals surface area contributed by atoms with Crippen LogP contribution in [0.15, 0.2) is 16.1 Å². The maximum atomic E-state index is 13.3. The zero-order chi connectivity index (χ0) is 31.8. The normalized spacial score (nSPS) is 47.4. The molecule has 0 aromatic rings. The summed E-state index contributed by atoms with van der Waals surface area (Å²) in [5, 5.41) is 50.6. The van der Waals surface area contributed by atoms with E-state index in [0.717, 1.165) is 75.1 Å². The number of hydrogen-bond donors (Lipinski definition) is 6. The Bertz CT molecular complexity index is 1230. The number of piperidine rings is 1. The molecule has 4 saturated carbocycles. The predicted octanol–water partition coefficient (Wildman–Crippen LogP) is -0.0996. The number of ether oxygens (including phenoxy) is 1. The number of aliphatic carboxylic acids is 1. The molecule has 0 aromatic carbocycles. The monoisotopic (exact) mass is 628 g/mol. The molecular formula is C35H56N4O6. The van der Waals surface area contributed by atoms with Crippen molar-refractivity contribution in [2.75, 3.05) is 39.8 Å². The van der Waals surface area contributed by atoms with Gasteiger partial charge in [0.05, 0.1) is 44.0 Å². The number of likely N-dealkylation sites (tertiary alicyclic amines) is 1. The average Bonchev–Trinajstić information content (AvgIpc) is 3.64. The molecule has 2 bridgehead atoms. The van der Waals surface area contributed by atoms with Gasteiger partial charge in [-0.2, -0.15) is 0 Å². The fourth-order valence-electron chi connectivity index (χ4n) is 12.9. The van der Waals surface area contributed by atoms with Crippen LogP contribution in [-0.2, 0) is 9.53 Å². The first-order chi connectivity index (χ1) is 21.6. The van der Waals surface area contributed by atoms with Crippen LogP contribution in [0.5, 0.6) is 0 Å². The van der Waals surface area contributed by atoms with Crippen LogP contribution in [0.3, 0.4) is 0 Å². The van der Waals surface area contributed by atoms with Crippen LogP contribution < -0.4 is 21.1 Å². The van der Waals surface area contributed by atoms with Crippen molar-refractivity contribution < 1.29 is 34.9 Å². The van der Waals surface area contributed by atoms with Gasteiger partial charge in [-0.15, -0.1) is 0 Å². The van der Waals surface area contributed by atoms with Gasteiger partial charge in [0.15, 0.2) is 0 Å². The summed E-state index contributed by atoms with van der Waals surface area (Å²) < 4.78 is 6.80. The number of guanidine groups is 1.